The van der Waals surface area contributed by atoms with E-state index in [1.807, 2.05) is 24.3 Å². The molecular formula is C17H22ClNO2. The van der Waals surface area contributed by atoms with Crippen LogP contribution >= 0.6 is 11.6 Å². The van der Waals surface area contributed by atoms with Crippen molar-refractivity contribution in [3.05, 3.63) is 34.9 Å². The second-order valence-corrected chi connectivity index (χ2v) is 6.98. The maximum Gasteiger partial charge on any atom is 0.231 e. The number of halogens is 1. The first-order valence-electron chi connectivity index (χ1n) is 7.80. The zero-order valence-electron chi connectivity index (χ0n) is 12.2. The second kappa shape index (κ2) is 5.62. The van der Waals surface area contributed by atoms with Gasteiger partial charge in [-0.1, -0.05) is 43.0 Å². The summed E-state index contributed by atoms with van der Waals surface area (Å²) in [6, 6.07) is 7.63. The molecule has 0 aliphatic heterocycles. The molecule has 3 rings (SSSR count). The molecule has 21 heavy (non-hydrogen) atoms. The molecule has 3 nitrogen and oxygen atoms in total. The highest BCUT2D eigenvalue weighted by Gasteiger charge is 2.48. The van der Waals surface area contributed by atoms with Gasteiger partial charge in [-0.25, -0.2) is 0 Å². The van der Waals surface area contributed by atoms with Crippen molar-refractivity contribution in [2.24, 2.45) is 0 Å². The highest BCUT2D eigenvalue weighted by molar-refractivity contribution is 6.30. The number of hydrogen-bond acceptors (Lipinski definition) is 2. The van der Waals surface area contributed by atoms with Crippen LogP contribution in [0.2, 0.25) is 5.02 Å². The number of amides is 1. The van der Waals surface area contributed by atoms with Crippen molar-refractivity contribution in [2.75, 3.05) is 6.61 Å². The van der Waals surface area contributed by atoms with Gasteiger partial charge in [-0.2, -0.15) is 0 Å². The third kappa shape index (κ3) is 2.58. The van der Waals surface area contributed by atoms with E-state index in [0.29, 0.717) is 5.02 Å². The molecule has 2 fully saturated rings. The van der Waals surface area contributed by atoms with Gasteiger partial charge in [0.05, 0.1) is 17.6 Å². The Balaban J connectivity index is 1.84. The first-order chi connectivity index (χ1) is 10.1. The lowest BCUT2D eigenvalue weighted by Gasteiger charge is -2.43. The van der Waals surface area contributed by atoms with Crippen molar-refractivity contribution >= 4 is 17.5 Å². The van der Waals surface area contributed by atoms with Gasteiger partial charge in [0.2, 0.25) is 5.91 Å². The van der Waals surface area contributed by atoms with Crippen LogP contribution in [0.5, 0.6) is 0 Å². The van der Waals surface area contributed by atoms with E-state index in [1.54, 1.807) is 0 Å². The zero-order chi connectivity index (χ0) is 14.9. The Kier molecular flexibility index (Phi) is 3.98. The molecule has 0 aromatic heterocycles. The lowest BCUT2D eigenvalue weighted by Crippen LogP contribution is -2.58. The van der Waals surface area contributed by atoms with Gasteiger partial charge in [-0.3, -0.25) is 4.79 Å². The predicted octanol–water partition coefficient (Wildman–Crippen LogP) is 3.18. The minimum atomic E-state index is -0.449. The number of hydrogen-bond donors (Lipinski definition) is 2. The average Bonchev–Trinajstić information content (AvgIpc) is 2.87. The normalized spacial score (nSPS) is 22.6. The molecule has 0 spiro atoms. The minimum Gasteiger partial charge on any atom is -0.394 e. The molecule has 2 aliphatic carbocycles. The number of carbonyl (C=O) groups is 1. The monoisotopic (exact) mass is 307 g/mol. The molecule has 1 amide bonds. The molecule has 0 bridgehead atoms. The van der Waals surface area contributed by atoms with Gasteiger partial charge in [0.25, 0.3) is 0 Å². The molecule has 0 atom stereocenters. The van der Waals surface area contributed by atoms with Gasteiger partial charge < -0.3 is 10.4 Å². The van der Waals surface area contributed by atoms with E-state index in [2.05, 4.69) is 5.32 Å². The number of nitrogens with one attached hydrogen (secondary N) is 1. The predicted molar refractivity (Wildman–Crippen MR) is 83.4 cm³/mol. The molecule has 2 aliphatic rings. The quantitative estimate of drug-likeness (QED) is 0.897. The van der Waals surface area contributed by atoms with Crippen LogP contribution in [0, 0.1) is 0 Å². The van der Waals surface area contributed by atoms with Crippen molar-refractivity contribution < 1.29 is 9.90 Å². The van der Waals surface area contributed by atoms with E-state index in [1.165, 1.54) is 0 Å². The summed E-state index contributed by atoms with van der Waals surface area (Å²) in [5.74, 6) is 0.0620. The maximum atomic E-state index is 12.9. The van der Waals surface area contributed by atoms with Crippen LogP contribution < -0.4 is 5.32 Å². The van der Waals surface area contributed by atoms with E-state index >= 15 is 0 Å². The van der Waals surface area contributed by atoms with E-state index < -0.39 is 11.0 Å². The van der Waals surface area contributed by atoms with Crippen LogP contribution in [0.25, 0.3) is 0 Å². The van der Waals surface area contributed by atoms with Crippen molar-refractivity contribution in [3.63, 3.8) is 0 Å². The summed E-state index contributed by atoms with van der Waals surface area (Å²) in [6.07, 6.45) is 6.69. The van der Waals surface area contributed by atoms with Crippen molar-refractivity contribution in [1.29, 1.82) is 0 Å². The SMILES string of the molecule is O=C(NC1(CO)CCCC1)C1(c2cccc(Cl)c2)CCC1. The van der Waals surface area contributed by atoms with Crippen LogP contribution in [0.3, 0.4) is 0 Å². The Morgan fingerprint density at radius 1 is 1.19 bits per heavy atom. The van der Waals surface area contributed by atoms with E-state index in [9.17, 15) is 9.90 Å². The van der Waals surface area contributed by atoms with E-state index in [4.69, 9.17) is 11.6 Å². The van der Waals surface area contributed by atoms with Gasteiger partial charge in [-0.15, -0.1) is 0 Å². The standard InChI is InChI=1S/C17H22ClNO2/c18-14-6-3-5-13(11-14)17(9-4-10-17)15(21)19-16(12-20)7-1-2-8-16/h3,5-6,11,20H,1-2,4,7-10,12H2,(H,19,21). The summed E-state index contributed by atoms with van der Waals surface area (Å²) in [4.78, 5) is 12.9. The van der Waals surface area contributed by atoms with Gasteiger partial charge in [-0.05, 0) is 43.4 Å². The van der Waals surface area contributed by atoms with Crippen molar-refractivity contribution in [2.45, 2.75) is 55.9 Å². The highest BCUT2D eigenvalue weighted by atomic mass is 35.5. The Hall–Kier alpha value is -1.06. The molecule has 1 aromatic rings. The summed E-state index contributed by atoms with van der Waals surface area (Å²) in [7, 11) is 0. The second-order valence-electron chi connectivity index (χ2n) is 6.55. The summed E-state index contributed by atoms with van der Waals surface area (Å²) in [5, 5.41) is 13.5. The lowest BCUT2D eigenvalue weighted by atomic mass is 9.63. The van der Waals surface area contributed by atoms with E-state index in [0.717, 1.165) is 50.5 Å². The summed E-state index contributed by atoms with van der Waals surface area (Å²) in [5.41, 5.74) is 0.151. The number of aliphatic hydroxyl groups excluding tert-OH is 1. The highest BCUT2D eigenvalue weighted by Crippen LogP contribution is 2.45. The van der Waals surface area contributed by atoms with Gasteiger partial charge in [0.15, 0.2) is 0 Å². The fraction of sp³-hybridized carbons (Fsp3) is 0.588. The Morgan fingerprint density at radius 3 is 2.43 bits per heavy atom. The minimum absolute atomic E-state index is 0.0321. The smallest absolute Gasteiger partial charge is 0.231 e. The summed E-state index contributed by atoms with van der Waals surface area (Å²) < 4.78 is 0. The lowest BCUT2D eigenvalue weighted by molar-refractivity contribution is -0.132. The topological polar surface area (TPSA) is 49.3 Å². The third-order valence-corrected chi connectivity index (χ3v) is 5.50. The molecule has 4 heteroatoms. The molecule has 1 aromatic carbocycles. The van der Waals surface area contributed by atoms with Crippen LogP contribution in [0.1, 0.15) is 50.5 Å². The molecule has 0 unspecified atom stereocenters. The Bertz CT molecular complexity index is 533. The van der Waals surface area contributed by atoms with Crippen LogP contribution in [0.15, 0.2) is 24.3 Å². The van der Waals surface area contributed by atoms with E-state index in [-0.39, 0.29) is 12.5 Å². The Morgan fingerprint density at radius 2 is 1.90 bits per heavy atom. The Labute approximate surface area is 130 Å². The van der Waals surface area contributed by atoms with Crippen LogP contribution in [0.4, 0.5) is 0 Å². The number of aliphatic hydroxyl groups is 1. The molecule has 2 N–H and O–H groups in total. The molecule has 2 saturated carbocycles. The fourth-order valence-corrected chi connectivity index (χ4v) is 3.89. The molecular weight excluding hydrogens is 286 g/mol. The number of benzene rings is 1. The number of rotatable bonds is 4. The number of carbonyl (C=O) groups excluding carboxylic acids is 1. The van der Waals surface area contributed by atoms with Crippen molar-refractivity contribution in [3.8, 4) is 0 Å². The van der Waals surface area contributed by atoms with Crippen molar-refractivity contribution in [1.82, 2.24) is 5.32 Å². The fourth-order valence-electron chi connectivity index (χ4n) is 3.70. The third-order valence-electron chi connectivity index (χ3n) is 5.26. The van der Waals surface area contributed by atoms with Crippen LogP contribution in [-0.4, -0.2) is 23.2 Å². The van der Waals surface area contributed by atoms with Gasteiger partial charge in [0.1, 0.15) is 0 Å². The average molecular weight is 308 g/mol. The first kappa shape index (κ1) is 14.9. The largest absolute Gasteiger partial charge is 0.394 e. The van der Waals surface area contributed by atoms with Gasteiger partial charge >= 0.3 is 0 Å². The summed E-state index contributed by atoms with van der Waals surface area (Å²) in [6.45, 7) is 0.0321. The van der Waals surface area contributed by atoms with Gasteiger partial charge in [0, 0.05) is 5.02 Å². The van der Waals surface area contributed by atoms with Crippen LogP contribution in [-0.2, 0) is 10.2 Å². The molecule has 0 saturated heterocycles. The summed E-state index contributed by atoms with van der Waals surface area (Å²) >= 11 is 6.09. The molecule has 0 heterocycles. The molecule has 114 valence electrons. The first-order valence-corrected chi connectivity index (χ1v) is 8.18. The maximum absolute atomic E-state index is 12.9. The molecule has 0 radical (unpaired) electrons. The zero-order valence-corrected chi connectivity index (χ0v) is 13.0.